The number of likely N-dealkylation sites (tertiary alicyclic amines) is 1. The number of carbonyl (C=O) groups excluding carboxylic acids is 2. The zero-order chi connectivity index (χ0) is 34.6. The van der Waals surface area contributed by atoms with Crippen molar-refractivity contribution < 1.29 is 19.1 Å². The summed E-state index contributed by atoms with van der Waals surface area (Å²) < 4.78 is 12.5. The van der Waals surface area contributed by atoms with Crippen LogP contribution in [-0.2, 0) is 9.53 Å². The van der Waals surface area contributed by atoms with Gasteiger partial charge in [-0.25, -0.2) is 9.79 Å². The molecule has 1 spiro atoms. The van der Waals surface area contributed by atoms with Crippen molar-refractivity contribution in [1.29, 1.82) is 0 Å². The molecular formula is C42H47N3O4. The van der Waals surface area contributed by atoms with Crippen LogP contribution in [0.3, 0.4) is 0 Å². The highest BCUT2D eigenvalue weighted by Gasteiger charge is 2.41. The Labute approximate surface area is 290 Å². The summed E-state index contributed by atoms with van der Waals surface area (Å²) in [5.41, 5.74) is 5.61. The van der Waals surface area contributed by atoms with Crippen LogP contribution in [0.2, 0.25) is 0 Å². The third-order valence-electron chi connectivity index (χ3n) is 9.40. The van der Waals surface area contributed by atoms with Crippen molar-refractivity contribution in [3.63, 3.8) is 0 Å². The quantitative estimate of drug-likeness (QED) is 0.238. The molecular weight excluding hydrogens is 610 g/mol. The first-order valence-corrected chi connectivity index (χ1v) is 17.5. The van der Waals surface area contributed by atoms with Crippen molar-refractivity contribution in [2.45, 2.75) is 65.1 Å². The largest absolute Gasteiger partial charge is 0.482 e. The number of benzene rings is 3. The predicted octanol–water partition coefficient (Wildman–Crippen LogP) is 8.77. The molecule has 1 unspecified atom stereocenters. The van der Waals surface area contributed by atoms with E-state index in [0.717, 1.165) is 45.0 Å². The Balaban J connectivity index is 1.36. The molecule has 0 N–H and O–H groups in total. The summed E-state index contributed by atoms with van der Waals surface area (Å²) in [6, 6.07) is 26.7. The molecule has 1 fully saturated rings. The van der Waals surface area contributed by atoms with E-state index in [0.29, 0.717) is 45.4 Å². The van der Waals surface area contributed by atoms with Crippen LogP contribution in [0, 0.1) is 5.92 Å². The maximum atomic E-state index is 13.2. The molecule has 3 aromatic carbocycles. The number of piperidine rings is 1. The Morgan fingerprint density at radius 2 is 1.57 bits per heavy atom. The number of carbonyl (C=O) groups is 2. The van der Waals surface area contributed by atoms with E-state index in [4.69, 9.17) is 14.5 Å². The van der Waals surface area contributed by atoms with Crippen molar-refractivity contribution >= 4 is 29.0 Å². The minimum Gasteiger partial charge on any atom is -0.482 e. The van der Waals surface area contributed by atoms with Gasteiger partial charge >= 0.3 is 6.09 Å². The Morgan fingerprint density at radius 3 is 2.12 bits per heavy atom. The number of allylic oxidation sites excluding steroid dienone is 3. The fourth-order valence-electron chi connectivity index (χ4n) is 6.78. The summed E-state index contributed by atoms with van der Waals surface area (Å²) in [5.74, 6) is 0.933. The van der Waals surface area contributed by atoms with Crippen molar-refractivity contribution in [1.82, 2.24) is 9.80 Å². The first kappa shape index (κ1) is 34.0. The normalized spacial score (nSPS) is 18.1. The number of fused-ring (bicyclic) bond motifs is 1. The zero-order valence-electron chi connectivity index (χ0n) is 29.3. The van der Waals surface area contributed by atoms with Crippen LogP contribution in [0.5, 0.6) is 5.75 Å². The van der Waals surface area contributed by atoms with Gasteiger partial charge in [0, 0.05) is 67.2 Å². The van der Waals surface area contributed by atoms with E-state index in [2.05, 4.69) is 48.6 Å². The minimum absolute atomic E-state index is 0.0543. The van der Waals surface area contributed by atoms with E-state index in [1.807, 2.05) is 94.1 Å². The topological polar surface area (TPSA) is 71.4 Å². The van der Waals surface area contributed by atoms with E-state index in [9.17, 15) is 9.59 Å². The summed E-state index contributed by atoms with van der Waals surface area (Å²) in [6.07, 6.45) is 10.2. The van der Waals surface area contributed by atoms with Crippen molar-refractivity contribution in [2.75, 3.05) is 26.2 Å². The van der Waals surface area contributed by atoms with Gasteiger partial charge in [0.25, 0.3) is 5.91 Å². The fourth-order valence-corrected chi connectivity index (χ4v) is 6.78. The smallest absolute Gasteiger partial charge is 0.410 e. The Morgan fingerprint density at radius 1 is 0.939 bits per heavy atom. The van der Waals surface area contributed by atoms with Gasteiger partial charge in [-0.15, -0.1) is 0 Å². The van der Waals surface area contributed by atoms with Gasteiger partial charge in [0.15, 0.2) is 0 Å². The third kappa shape index (κ3) is 7.72. The lowest BCUT2D eigenvalue weighted by Gasteiger charge is -2.44. The van der Waals surface area contributed by atoms with Crippen LogP contribution in [0.1, 0.15) is 70.6 Å². The van der Waals surface area contributed by atoms with E-state index in [1.165, 1.54) is 0 Å². The van der Waals surface area contributed by atoms with E-state index in [-0.39, 0.29) is 17.9 Å². The second-order valence-corrected chi connectivity index (χ2v) is 13.9. The van der Waals surface area contributed by atoms with Crippen LogP contribution in [0.25, 0.3) is 5.57 Å². The molecule has 49 heavy (non-hydrogen) atoms. The number of nitrogens with zero attached hydrogens (tertiary/aromatic N) is 3. The van der Waals surface area contributed by atoms with Gasteiger partial charge in [0.1, 0.15) is 17.0 Å². The van der Waals surface area contributed by atoms with Crippen LogP contribution >= 0.6 is 0 Å². The van der Waals surface area contributed by atoms with Gasteiger partial charge < -0.3 is 19.3 Å². The number of hydrogen-bond donors (Lipinski definition) is 0. The maximum absolute atomic E-state index is 13.2. The number of likely N-dealkylation sites (N-methyl/N-ethyl adjacent to an activating group) is 1. The number of amides is 2. The molecule has 254 valence electrons. The van der Waals surface area contributed by atoms with E-state index >= 15 is 0 Å². The van der Waals surface area contributed by atoms with Crippen LogP contribution in [-0.4, -0.2) is 64.9 Å². The van der Waals surface area contributed by atoms with Gasteiger partial charge in [-0.2, -0.15) is 0 Å². The molecule has 2 aliphatic heterocycles. The lowest BCUT2D eigenvalue weighted by Crippen LogP contribution is -2.50. The predicted molar refractivity (Wildman–Crippen MR) is 196 cm³/mol. The summed E-state index contributed by atoms with van der Waals surface area (Å²) in [6.45, 7) is 12.1. The van der Waals surface area contributed by atoms with Crippen LogP contribution in [0.4, 0.5) is 10.5 Å². The molecule has 0 radical (unpaired) electrons. The number of hydrogen-bond acceptors (Lipinski definition) is 5. The lowest BCUT2D eigenvalue weighted by atomic mass is 9.78. The van der Waals surface area contributed by atoms with Gasteiger partial charge in [-0.3, -0.25) is 4.79 Å². The molecule has 0 bridgehead atoms. The molecule has 2 heterocycles. The molecule has 1 aliphatic carbocycles. The summed E-state index contributed by atoms with van der Waals surface area (Å²) in [7, 11) is 0. The second-order valence-electron chi connectivity index (χ2n) is 13.9. The Kier molecular flexibility index (Phi) is 9.91. The first-order valence-electron chi connectivity index (χ1n) is 17.5. The molecule has 7 heteroatoms. The summed E-state index contributed by atoms with van der Waals surface area (Å²) in [4.78, 5) is 34.9. The third-order valence-corrected chi connectivity index (χ3v) is 9.40. The highest BCUT2D eigenvalue weighted by molar-refractivity contribution is 6.14. The molecule has 7 nitrogen and oxygen atoms in total. The average Bonchev–Trinajstić information content (AvgIpc) is 3.11. The Bertz CT molecular complexity index is 1750. The van der Waals surface area contributed by atoms with Crippen molar-refractivity contribution in [2.24, 2.45) is 10.9 Å². The fraction of sp³-hybridized carbons (Fsp3) is 0.357. The average molecular weight is 658 g/mol. The molecule has 0 saturated carbocycles. The highest BCUT2D eigenvalue weighted by atomic mass is 16.6. The number of rotatable bonds is 7. The SMILES string of the molecule is CCN(CC)C(=O)C1=CCC(C2=CC3(CCN(C(=O)OC(C)(C)C)CC3)Oc3ccc(N=C(c4ccccc4)c4ccccc4)cc32)C=C1. The second kappa shape index (κ2) is 14.3. The van der Waals surface area contributed by atoms with Crippen LogP contribution < -0.4 is 4.74 Å². The Hall–Kier alpha value is -4.91. The summed E-state index contributed by atoms with van der Waals surface area (Å²) in [5, 5.41) is 0. The number of ether oxygens (including phenoxy) is 2. The molecule has 2 amide bonds. The van der Waals surface area contributed by atoms with Crippen molar-refractivity contribution in [3.05, 3.63) is 125 Å². The minimum atomic E-state index is -0.556. The highest BCUT2D eigenvalue weighted by Crippen LogP contribution is 2.46. The number of aliphatic imine (C=N–C) groups is 1. The first-order chi connectivity index (χ1) is 23.6. The summed E-state index contributed by atoms with van der Waals surface area (Å²) >= 11 is 0. The zero-order valence-corrected chi connectivity index (χ0v) is 29.3. The molecule has 1 saturated heterocycles. The van der Waals surface area contributed by atoms with Crippen molar-refractivity contribution in [3.8, 4) is 5.75 Å². The molecule has 6 rings (SSSR count). The van der Waals surface area contributed by atoms with Crippen LogP contribution in [0.15, 0.2) is 114 Å². The van der Waals surface area contributed by atoms with E-state index in [1.54, 1.807) is 4.90 Å². The molecule has 3 aromatic rings. The lowest BCUT2D eigenvalue weighted by molar-refractivity contribution is -0.126. The monoisotopic (exact) mass is 657 g/mol. The molecule has 0 aromatic heterocycles. The molecule has 1 atom stereocenters. The maximum Gasteiger partial charge on any atom is 0.410 e. The van der Waals surface area contributed by atoms with Gasteiger partial charge in [0.2, 0.25) is 0 Å². The standard InChI is InChI=1S/C42H47N3O4/c1-6-44(7-2)39(46)33-20-18-30(19-21-33)36-29-42(24-26-45(27-25-42)40(47)49-41(3,4)5)48-37-23-22-34(28-35(36)37)43-38(31-14-10-8-11-15-31)32-16-12-9-13-17-32/h8-18,20-23,28-30H,6-7,19,24-27H2,1-5H3. The van der Waals surface area contributed by atoms with E-state index < -0.39 is 11.2 Å². The van der Waals surface area contributed by atoms with Gasteiger partial charge in [-0.1, -0.05) is 78.9 Å². The molecule has 3 aliphatic rings. The van der Waals surface area contributed by atoms with Gasteiger partial charge in [-0.05, 0) is 70.9 Å². The van der Waals surface area contributed by atoms with Gasteiger partial charge in [0.05, 0.1) is 11.4 Å².